The topological polar surface area (TPSA) is 107 Å². The number of hydrogen-bond acceptors (Lipinski definition) is 6. The van der Waals surface area contributed by atoms with Crippen LogP contribution in [-0.2, 0) is 11.3 Å². The van der Waals surface area contributed by atoms with Crippen LogP contribution < -0.4 is 4.90 Å². The highest BCUT2D eigenvalue weighted by atomic mass is 35.5. The molecule has 0 radical (unpaired) electrons. The Morgan fingerprint density at radius 1 is 1.00 bits per heavy atom. The summed E-state index contributed by atoms with van der Waals surface area (Å²) < 4.78 is 5.27. The zero-order valence-corrected chi connectivity index (χ0v) is 17.5. The number of benzene rings is 3. The van der Waals surface area contributed by atoms with Crippen molar-refractivity contribution in [3.63, 3.8) is 0 Å². The van der Waals surface area contributed by atoms with Crippen LogP contribution in [0.25, 0.3) is 0 Å². The Bertz CT molecular complexity index is 1290. The van der Waals surface area contributed by atoms with Crippen LogP contribution in [0.15, 0.2) is 60.7 Å². The summed E-state index contributed by atoms with van der Waals surface area (Å²) in [5.41, 5.74) is 0.973. The Morgan fingerprint density at radius 3 is 2.38 bits per heavy atom. The van der Waals surface area contributed by atoms with Crippen LogP contribution in [-0.4, -0.2) is 22.7 Å². The maximum atomic E-state index is 13.0. The largest absolute Gasteiger partial charge is 0.457 e. The highest BCUT2D eigenvalue weighted by Gasteiger charge is 2.40. The van der Waals surface area contributed by atoms with Gasteiger partial charge >= 0.3 is 5.97 Å². The average Bonchev–Trinajstić information content (AvgIpc) is 3.02. The lowest BCUT2D eigenvalue weighted by Gasteiger charge is -2.14. The van der Waals surface area contributed by atoms with E-state index in [1.807, 2.05) is 0 Å². The van der Waals surface area contributed by atoms with E-state index in [1.54, 1.807) is 37.3 Å². The molecule has 3 aromatic rings. The molecule has 3 aromatic carbocycles. The summed E-state index contributed by atoms with van der Waals surface area (Å²) in [4.78, 5) is 49.8. The molecule has 2 amide bonds. The summed E-state index contributed by atoms with van der Waals surface area (Å²) in [6.45, 7) is 1.67. The van der Waals surface area contributed by atoms with E-state index in [9.17, 15) is 24.5 Å². The van der Waals surface area contributed by atoms with Crippen molar-refractivity contribution in [2.75, 3.05) is 4.90 Å². The lowest BCUT2D eigenvalue weighted by Crippen LogP contribution is -2.30. The molecule has 0 aliphatic carbocycles. The predicted octanol–water partition coefficient (Wildman–Crippen LogP) is 4.71. The first-order chi connectivity index (χ1) is 15.3. The van der Waals surface area contributed by atoms with Gasteiger partial charge in [0.2, 0.25) is 0 Å². The summed E-state index contributed by atoms with van der Waals surface area (Å²) in [7, 11) is 0. The van der Waals surface area contributed by atoms with Gasteiger partial charge in [-0.1, -0.05) is 29.8 Å². The van der Waals surface area contributed by atoms with E-state index in [4.69, 9.17) is 16.3 Å². The number of amides is 2. The molecule has 0 spiro atoms. The second-order valence-corrected chi connectivity index (χ2v) is 7.59. The fourth-order valence-electron chi connectivity index (χ4n) is 3.37. The Balaban J connectivity index is 1.60. The first-order valence-corrected chi connectivity index (χ1v) is 9.83. The van der Waals surface area contributed by atoms with Gasteiger partial charge in [-0.05, 0) is 54.4 Å². The molecule has 9 heteroatoms. The summed E-state index contributed by atoms with van der Waals surface area (Å²) in [5.74, 6) is -2.12. The SMILES string of the molecule is Cc1ccc(N2C(=O)c3ccc(C(=O)OCc4ccc(Cl)cc4)cc3C2=O)c([N+](=O)[O-])c1. The van der Waals surface area contributed by atoms with E-state index < -0.39 is 22.7 Å². The molecule has 32 heavy (non-hydrogen) atoms. The summed E-state index contributed by atoms with van der Waals surface area (Å²) >= 11 is 5.83. The van der Waals surface area contributed by atoms with Gasteiger partial charge in [0, 0.05) is 11.1 Å². The van der Waals surface area contributed by atoms with Crippen LogP contribution >= 0.6 is 11.6 Å². The Kier molecular flexibility index (Phi) is 5.46. The molecule has 0 bridgehead atoms. The van der Waals surface area contributed by atoms with Crippen molar-refractivity contribution in [3.05, 3.63) is 104 Å². The molecule has 0 aromatic heterocycles. The van der Waals surface area contributed by atoms with Gasteiger partial charge in [-0.25, -0.2) is 9.69 Å². The zero-order valence-electron chi connectivity index (χ0n) is 16.7. The molecule has 160 valence electrons. The van der Waals surface area contributed by atoms with Gasteiger partial charge < -0.3 is 4.74 Å². The van der Waals surface area contributed by atoms with Crippen LogP contribution in [0.5, 0.6) is 0 Å². The third-order valence-electron chi connectivity index (χ3n) is 4.97. The minimum Gasteiger partial charge on any atom is -0.457 e. The minimum atomic E-state index is -0.746. The third-order valence-corrected chi connectivity index (χ3v) is 5.23. The number of carbonyl (C=O) groups excluding carboxylic acids is 3. The van der Waals surface area contributed by atoms with Crippen molar-refractivity contribution in [2.45, 2.75) is 13.5 Å². The molecule has 0 unspecified atom stereocenters. The van der Waals surface area contributed by atoms with E-state index in [0.717, 1.165) is 10.5 Å². The van der Waals surface area contributed by atoms with Crippen molar-refractivity contribution >= 4 is 40.8 Å². The molecule has 1 aliphatic heterocycles. The third kappa shape index (κ3) is 3.83. The first kappa shape index (κ1) is 21.2. The van der Waals surface area contributed by atoms with Crippen molar-refractivity contribution < 1.29 is 24.0 Å². The number of esters is 1. The number of nitro groups is 1. The number of imide groups is 1. The average molecular weight is 451 g/mol. The second-order valence-electron chi connectivity index (χ2n) is 7.16. The molecule has 0 N–H and O–H groups in total. The van der Waals surface area contributed by atoms with Gasteiger partial charge in [-0.2, -0.15) is 0 Å². The van der Waals surface area contributed by atoms with E-state index in [1.165, 1.54) is 30.3 Å². The number of fused-ring (bicyclic) bond motifs is 1. The number of ether oxygens (including phenoxy) is 1. The summed E-state index contributed by atoms with van der Waals surface area (Å²) in [6.07, 6.45) is 0. The number of carbonyl (C=O) groups is 3. The van der Waals surface area contributed by atoms with E-state index in [-0.39, 0.29) is 34.7 Å². The van der Waals surface area contributed by atoms with Crippen molar-refractivity contribution in [1.82, 2.24) is 0 Å². The molecular weight excluding hydrogens is 436 g/mol. The summed E-state index contributed by atoms with van der Waals surface area (Å²) in [5, 5.41) is 12.0. The molecule has 8 nitrogen and oxygen atoms in total. The fraction of sp³-hybridized carbons (Fsp3) is 0.0870. The summed E-state index contributed by atoms with van der Waals surface area (Å²) in [6, 6.07) is 15.0. The quantitative estimate of drug-likeness (QED) is 0.241. The highest BCUT2D eigenvalue weighted by Crippen LogP contribution is 2.35. The fourth-order valence-corrected chi connectivity index (χ4v) is 3.49. The molecule has 0 saturated carbocycles. The lowest BCUT2D eigenvalue weighted by molar-refractivity contribution is -0.384. The second kappa shape index (κ2) is 8.24. The standard InChI is InChI=1S/C23H15ClN2O6/c1-13-2-9-19(20(10-13)26(30)31)25-21(27)17-8-5-15(11-18(17)22(25)28)23(29)32-12-14-3-6-16(24)7-4-14/h2-11H,12H2,1H3. The first-order valence-electron chi connectivity index (χ1n) is 9.45. The van der Waals surface area contributed by atoms with E-state index in [0.29, 0.717) is 10.6 Å². The molecule has 4 rings (SSSR count). The number of aryl methyl sites for hydroxylation is 1. The number of halogens is 1. The number of rotatable bonds is 5. The minimum absolute atomic E-state index is 0.00164. The maximum absolute atomic E-state index is 13.0. The van der Waals surface area contributed by atoms with Crippen LogP contribution in [0.4, 0.5) is 11.4 Å². The zero-order chi connectivity index (χ0) is 23.0. The Morgan fingerprint density at radius 2 is 1.69 bits per heavy atom. The number of nitro benzene ring substituents is 1. The van der Waals surface area contributed by atoms with Crippen LogP contribution in [0.1, 0.15) is 42.2 Å². The number of nitrogens with zero attached hydrogens (tertiary/aromatic N) is 2. The van der Waals surface area contributed by atoms with Gasteiger partial charge in [-0.3, -0.25) is 19.7 Å². The van der Waals surface area contributed by atoms with Crippen molar-refractivity contribution in [1.29, 1.82) is 0 Å². The van der Waals surface area contributed by atoms with Crippen LogP contribution in [0.3, 0.4) is 0 Å². The monoisotopic (exact) mass is 450 g/mol. The molecular formula is C23H15ClN2O6. The number of hydrogen-bond donors (Lipinski definition) is 0. The van der Waals surface area contributed by atoms with E-state index in [2.05, 4.69) is 0 Å². The van der Waals surface area contributed by atoms with E-state index >= 15 is 0 Å². The number of anilines is 1. The molecule has 1 heterocycles. The Labute approximate surface area is 187 Å². The molecule has 0 atom stereocenters. The van der Waals surface area contributed by atoms with Gasteiger partial charge in [0.05, 0.1) is 21.6 Å². The van der Waals surface area contributed by atoms with Gasteiger partial charge in [0.15, 0.2) is 0 Å². The van der Waals surface area contributed by atoms with Gasteiger partial charge in [0.1, 0.15) is 12.3 Å². The smallest absolute Gasteiger partial charge is 0.338 e. The highest BCUT2D eigenvalue weighted by molar-refractivity contribution is 6.35. The molecule has 0 saturated heterocycles. The molecule has 0 fully saturated rings. The normalized spacial score (nSPS) is 12.6. The Hall–Kier alpha value is -4.04. The predicted molar refractivity (Wildman–Crippen MR) is 116 cm³/mol. The van der Waals surface area contributed by atoms with Gasteiger partial charge in [0.25, 0.3) is 17.5 Å². The maximum Gasteiger partial charge on any atom is 0.338 e. The van der Waals surface area contributed by atoms with Crippen molar-refractivity contribution in [2.24, 2.45) is 0 Å². The lowest BCUT2D eigenvalue weighted by atomic mass is 10.1. The molecule has 1 aliphatic rings. The van der Waals surface area contributed by atoms with Crippen molar-refractivity contribution in [3.8, 4) is 0 Å². The van der Waals surface area contributed by atoms with Gasteiger partial charge in [-0.15, -0.1) is 0 Å². The van der Waals surface area contributed by atoms with Crippen LogP contribution in [0, 0.1) is 17.0 Å². The van der Waals surface area contributed by atoms with Crippen LogP contribution in [0.2, 0.25) is 5.02 Å².